The Morgan fingerprint density at radius 3 is 2.46 bits per heavy atom. The fraction of sp³-hybridized carbons (Fsp3) is 0.771. The Morgan fingerprint density at radius 2 is 1.80 bits per heavy atom. The molecule has 1 unspecified atom stereocenters. The molecule has 3 aliphatic heterocycles. The predicted octanol–water partition coefficient (Wildman–Crippen LogP) is 2.81. The summed E-state index contributed by atoms with van der Waals surface area (Å²) in [6.45, 7) is 14.0. The summed E-state index contributed by atoms with van der Waals surface area (Å²) < 4.78 is 31.0. The number of aliphatic hydroxyl groups is 3. The van der Waals surface area contributed by atoms with Gasteiger partial charge >= 0.3 is 5.97 Å². The average Bonchev–Trinajstić information content (AvgIpc) is 3.02. The van der Waals surface area contributed by atoms with E-state index in [4.69, 9.17) is 23.7 Å². The number of hydrogen-bond acceptors (Lipinski definition) is 11. The highest BCUT2D eigenvalue weighted by molar-refractivity contribution is 5.91. The summed E-state index contributed by atoms with van der Waals surface area (Å²) in [6.07, 6.45) is 0.776. The van der Waals surface area contributed by atoms with Crippen molar-refractivity contribution in [3.05, 3.63) is 36.0 Å². The molecule has 12 atom stereocenters. The normalized spacial score (nSPS) is 41.4. The molecule has 0 aliphatic carbocycles. The SMILES string of the molecule is C=C1COCC[C@H]2C[C@@H](C)C(=O)/C=C/C(C)=C/[C@H](CO)[C@@H](CC)OC(=O)C[C@@H](OC1)[C@H](C)[C@H]2OC1O[C@H](C)[C@@H](O)[C@H](N(C)C)[C@H]1O. The highest BCUT2D eigenvalue weighted by atomic mass is 16.7. The summed E-state index contributed by atoms with van der Waals surface area (Å²) >= 11 is 0. The molecule has 0 spiro atoms. The minimum atomic E-state index is -1.18. The van der Waals surface area contributed by atoms with Crippen LogP contribution in [0.1, 0.15) is 60.3 Å². The lowest BCUT2D eigenvalue weighted by atomic mass is 9.79. The molecule has 0 radical (unpaired) electrons. The number of nitrogens with zero attached hydrogens (tertiary/aromatic N) is 1. The van der Waals surface area contributed by atoms with Crippen LogP contribution in [0.15, 0.2) is 36.0 Å². The smallest absolute Gasteiger partial charge is 0.308 e. The number of ether oxygens (including phenoxy) is 5. The zero-order valence-electron chi connectivity index (χ0n) is 28.7. The number of aliphatic hydroxyl groups excluding tert-OH is 3. The number of carbonyl (C=O) groups excluding carboxylic acids is 2. The van der Waals surface area contributed by atoms with Crippen molar-refractivity contribution >= 4 is 11.8 Å². The van der Waals surface area contributed by atoms with Gasteiger partial charge in [0.25, 0.3) is 0 Å². The summed E-state index contributed by atoms with van der Waals surface area (Å²) in [7, 11) is 3.56. The number of cyclic esters (lactones) is 1. The van der Waals surface area contributed by atoms with Crippen LogP contribution in [0, 0.1) is 23.7 Å². The van der Waals surface area contributed by atoms with E-state index in [1.807, 2.05) is 33.8 Å². The quantitative estimate of drug-likeness (QED) is 0.298. The Kier molecular flexibility index (Phi) is 15.0. The second kappa shape index (κ2) is 18.0. The Labute approximate surface area is 274 Å². The van der Waals surface area contributed by atoms with Gasteiger partial charge in [-0.05, 0) is 64.8 Å². The van der Waals surface area contributed by atoms with Gasteiger partial charge in [-0.25, -0.2) is 0 Å². The van der Waals surface area contributed by atoms with Crippen molar-refractivity contribution in [3.63, 3.8) is 0 Å². The van der Waals surface area contributed by atoms with E-state index in [0.29, 0.717) is 25.9 Å². The number of rotatable bonds is 5. The number of fused-ring (bicyclic) bond motifs is 3. The molecule has 0 saturated carbocycles. The molecule has 3 aliphatic rings. The summed E-state index contributed by atoms with van der Waals surface area (Å²) in [5, 5.41) is 32.4. The number of esters is 1. The van der Waals surface area contributed by atoms with E-state index in [0.717, 1.165) is 11.1 Å². The van der Waals surface area contributed by atoms with Gasteiger partial charge < -0.3 is 43.9 Å². The first-order valence-electron chi connectivity index (χ1n) is 16.7. The highest BCUT2D eigenvalue weighted by Crippen LogP contribution is 2.36. The highest BCUT2D eigenvalue weighted by Gasteiger charge is 2.47. The van der Waals surface area contributed by atoms with E-state index in [1.54, 1.807) is 38.1 Å². The van der Waals surface area contributed by atoms with Gasteiger partial charge in [0.2, 0.25) is 0 Å². The van der Waals surface area contributed by atoms with Crippen LogP contribution in [0.4, 0.5) is 0 Å². The molecule has 0 aromatic carbocycles. The Balaban J connectivity index is 2.09. The first-order valence-corrected chi connectivity index (χ1v) is 16.7. The fourth-order valence-electron chi connectivity index (χ4n) is 6.77. The van der Waals surface area contributed by atoms with Crippen LogP contribution in [0.2, 0.25) is 0 Å². The average molecular weight is 652 g/mol. The van der Waals surface area contributed by atoms with Crippen molar-refractivity contribution in [2.75, 3.05) is 40.5 Å². The molecule has 11 heteroatoms. The largest absolute Gasteiger partial charge is 0.462 e. The lowest BCUT2D eigenvalue weighted by Gasteiger charge is -2.47. The van der Waals surface area contributed by atoms with Crippen LogP contribution in [0.25, 0.3) is 0 Å². The number of hydrogen-bond donors (Lipinski definition) is 3. The van der Waals surface area contributed by atoms with Gasteiger partial charge in [-0.2, -0.15) is 0 Å². The Bertz CT molecular complexity index is 1080. The molecule has 46 heavy (non-hydrogen) atoms. The summed E-state index contributed by atoms with van der Waals surface area (Å²) in [4.78, 5) is 28.7. The molecule has 3 heterocycles. The maximum absolute atomic E-state index is 13.5. The number of carbonyl (C=O) groups is 2. The maximum atomic E-state index is 13.5. The number of likely N-dealkylation sites (N-methyl/N-ethyl adjacent to an activating group) is 1. The Hall–Kier alpha value is -1.96. The van der Waals surface area contributed by atoms with Crippen LogP contribution in [0.3, 0.4) is 0 Å². The molecule has 2 bridgehead atoms. The zero-order chi connectivity index (χ0) is 34.1. The van der Waals surface area contributed by atoms with E-state index >= 15 is 0 Å². The first-order chi connectivity index (χ1) is 21.8. The van der Waals surface area contributed by atoms with Crippen LogP contribution < -0.4 is 0 Å². The van der Waals surface area contributed by atoms with Crippen molar-refractivity contribution in [2.45, 2.75) is 109 Å². The fourth-order valence-corrected chi connectivity index (χ4v) is 6.77. The number of ketones is 1. The molecule has 0 aromatic heterocycles. The second-order valence-corrected chi connectivity index (χ2v) is 13.6. The summed E-state index contributed by atoms with van der Waals surface area (Å²) in [6, 6.07) is -0.642. The zero-order valence-corrected chi connectivity index (χ0v) is 28.7. The van der Waals surface area contributed by atoms with Crippen LogP contribution in [0.5, 0.6) is 0 Å². The predicted molar refractivity (Wildman–Crippen MR) is 173 cm³/mol. The summed E-state index contributed by atoms with van der Waals surface area (Å²) in [5.74, 6) is -2.03. The molecule has 0 aromatic rings. The molecular weight excluding hydrogens is 594 g/mol. The molecule has 2 saturated heterocycles. The van der Waals surface area contributed by atoms with E-state index < -0.39 is 66.8 Å². The third-order valence-electron chi connectivity index (χ3n) is 9.58. The third kappa shape index (κ3) is 10.3. The van der Waals surface area contributed by atoms with Crippen molar-refractivity contribution < 1.29 is 48.6 Å². The van der Waals surface area contributed by atoms with Gasteiger partial charge in [-0.15, -0.1) is 0 Å². The molecule has 0 amide bonds. The monoisotopic (exact) mass is 651 g/mol. The summed E-state index contributed by atoms with van der Waals surface area (Å²) in [5.41, 5.74) is 1.50. The molecular formula is C35H57NO10. The van der Waals surface area contributed by atoms with Crippen LogP contribution in [-0.4, -0.2) is 121 Å². The maximum Gasteiger partial charge on any atom is 0.308 e. The van der Waals surface area contributed by atoms with E-state index in [2.05, 4.69) is 6.58 Å². The molecule has 3 N–H and O–H groups in total. The van der Waals surface area contributed by atoms with Crippen LogP contribution in [-0.2, 0) is 33.3 Å². The second-order valence-electron chi connectivity index (χ2n) is 13.6. The number of allylic oxidation sites excluding steroid dienone is 3. The minimum Gasteiger partial charge on any atom is -0.462 e. The van der Waals surface area contributed by atoms with Gasteiger partial charge in [0, 0.05) is 24.4 Å². The van der Waals surface area contributed by atoms with Gasteiger partial charge in [0.1, 0.15) is 12.2 Å². The minimum absolute atomic E-state index is 0.0555. The van der Waals surface area contributed by atoms with Crippen molar-refractivity contribution in [3.8, 4) is 0 Å². The van der Waals surface area contributed by atoms with Gasteiger partial charge in [0.15, 0.2) is 12.1 Å². The topological polar surface area (TPSA) is 144 Å². The van der Waals surface area contributed by atoms with E-state index in [1.165, 1.54) is 0 Å². The van der Waals surface area contributed by atoms with Gasteiger partial charge in [0.05, 0.1) is 56.7 Å². The van der Waals surface area contributed by atoms with Gasteiger partial charge in [-0.1, -0.05) is 45.1 Å². The molecule has 11 nitrogen and oxygen atoms in total. The molecule has 262 valence electrons. The molecule has 3 rings (SSSR count). The lowest BCUT2D eigenvalue weighted by molar-refractivity contribution is -0.305. The lowest BCUT2D eigenvalue weighted by Crippen LogP contribution is -2.63. The van der Waals surface area contributed by atoms with Crippen molar-refractivity contribution in [1.29, 1.82) is 0 Å². The van der Waals surface area contributed by atoms with Crippen LogP contribution >= 0.6 is 0 Å². The third-order valence-corrected chi connectivity index (χ3v) is 9.58. The van der Waals surface area contributed by atoms with Gasteiger partial charge in [-0.3, -0.25) is 9.59 Å². The Morgan fingerprint density at radius 1 is 1.09 bits per heavy atom. The molecule has 2 fully saturated rings. The van der Waals surface area contributed by atoms with Crippen molar-refractivity contribution in [1.82, 2.24) is 4.90 Å². The van der Waals surface area contributed by atoms with E-state index in [9.17, 15) is 24.9 Å². The standard InChI is InChI=1S/C35H57NO10/c1-9-28-26(17-37)14-20(2)10-11-27(38)22(4)15-25-12-13-42-18-21(3)19-43-29(16-30(39)45-28)23(5)34(25)46-35-33(41)31(36(7)8)32(40)24(6)44-35/h10-11,14,22-26,28-29,31-35,37,40-41H,3,9,12-13,15-19H2,1-2,4-8H3/b11-10+,20-14+/t22-,23+,24-,25+,26-,28-,29-,31+,32-,33-,34-,35?/m1/s1. The van der Waals surface area contributed by atoms with E-state index in [-0.39, 0.29) is 43.9 Å². The first kappa shape index (κ1) is 38.5. The van der Waals surface area contributed by atoms with Crippen molar-refractivity contribution in [2.24, 2.45) is 23.7 Å².